The summed E-state index contributed by atoms with van der Waals surface area (Å²) in [6.45, 7) is 1.70. The number of hydrogen-bond donors (Lipinski definition) is 0. The van der Waals surface area contributed by atoms with Crippen LogP contribution < -0.4 is 0 Å². The van der Waals surface area contributed by atoms with Crippen molar-refractivity contribution in [3.05, 3.63) is 11.4 Å². The largest absolute Gasteiger partial charge is 0.437 e. The van der Waals surface area contributed by atoms with Crippen LogP contribution in [0.5, 0.6) is 0 Å². The van der Waals surface area contributed by atoms with Crippen molar-refractivity contribution in [2.45, 2.75) is 23.4 Å². The topological polar surface area (TPSA) is 30.7 Å². The van der Waals surface area contributed by atoms with Gasteiger partial charge in [0.15, 0.2) is 5.69 Å². The highest BCUT2D eigenvalue weighted by Gasteiger charge is 2.44. The van der Waals surface area contributed by atoms with Crippen molar-refractivity contribution in [2.24, 2.45) is 0 Å². The third kappa shape index (κ3) is 2.68. The van der Waals surface area contributed by atoms with E-state index in [9.17, 15) is 13.2 Å². The zero-order chi connectivity index (χ0) is 11.9. The smallest absolute Gasteiger partial charge is 0.245 e. The quantitative estimate of drug-likeness (QED) is 0.741. The van der Waals surface area contributed by atoms with Crippen LogP contribution in [0.25, 0.3) is 0 Å². The second kappa shape index (κ2) is 3.99. The molecule has 3 nitrogen and oxygen atoms in total. The Kier molecular flexibility index (Phi) is 3.42. The second-order valence-electron chi connectivity index (χ2n) is 2.60. The summed E-state index contributed by atoms with van der Waals surface area (Å²) in [7, 11) is 0. The van der Waals surface area contributed by atoms with Gasteiger partial charge in [0.1, 0.15) is 5.69 Å². The highest BCUT2D eigenvalue weighted by Crippen LogP contribution is 2.43. The van der Waals surface area contributed by atoms with Gasteiger partial charge in [-0.2, -0.15) is 13.2 Å². The minimum absolute atomic E-state index is 0.131. The molecule has 0 aliphatic carbocycles. The summed E-state index contributed by atoms with van der Waals surface area (Å²) in [6, 6.07) is 0. The first-order chi connectivity index (χ1) is 6.68. The van der Waals surface area contributed by atoms with E-state index < -0.39 is 21.4 Å². The molecule has 0 amide bonds. The van der Waals surface area contributed by atoms with Gasteiger partial charge in [0.05, 0.1) is 0 Å². The number of hydrogen-bond acceptors (Lipinski definition) is 2. The molecule has 0 saturated heterocycles. The fraction of sp³-hybridized carbons (Fsp3) is 0.667. The molecule has 0 bridgehead atoms. The van der Waals surface area contributed by atoms with Crippen LogP contribution in [-0.4, -0.2) is 15.0 Å². The maximum atomic E-state index is 12.4. The van der Waals surface area contributed by atoms with Crippen molar-refractivity contribution in [1.82, 2.24) is 15.0 Å². The van der Waals surface area contributed by atoms with Gasteiger partial charge in [-0.15, -0.1) is 5.10 Å². The van der Waals surface area contributed by atoms with E-state index in [4.69, 9.17) is 34.8 Å². The van der Waals surface area contributed by atoms with Crippen LogP contribution >= 0.6 is 34.8 Å². The Labute approximate surface area is 98.1 Å². The third-order valence-corrected chi connectivity index (χ3v) is 2.11. The first-order valence-corrected chi connectivity index (χ1v) is 4.89. The van der Waals surface area contributed by atoms with Crippen molar-refractivity contribution in [1.29, 1.82) is 0 Å². The maximum Gasteiger partial charge on any atom is 0.437 e. The number of aryl methyl sites for hydroxylation is 1. The number of nitrogens with zero attached hydrogens (tertiary/aromatic N) is 3. The van der Waals surface area contributed by atoms with Gasteiger partial charge in [0.25, 0.3) is 0 Å². The average Bonchev–Trinajstić information content (AvgIpc) is 2.44. The van der Waals surface area contributed by atoms with Gasteiger partial charge < -0.3 is 0 Å². The normalized spacial score (nSPS) is 13.3. The predicted molar refractivity (Wildman–Crippen MR) is 49.9 cm³/mol. The Morgan fingerprint density at radius 2 is 1.80 bits per heavy atom. The summed E-state index contributed by atoms with van der Waals surface area (Å²) >= 11 is 16.3. The molecule has 9 heteroatoms. The molecule has 0 radical (unpaired) electrons. The molecule has 0 aliphatic heterocycles. The van der Waals surface area contributed by atoms with Crippen LogP contribution in [0, 0.1) is 0 Å². The van der Waals surface area contributed by atoms with Crippen molar-refractivity contribution in [2.75, 3.05) is 0 Å². The number of alkyl halides is 6. The molecule has 1 aromatic heterocycles. The molecule has 0 aromatic carbocycles. The molecular weight excluding hydrogens is 277 g/mol. The van der Waals surface area contributed by atoms with Crippen LogP contribution in [0.15, 0.2) is 0 Å². The van der Waals surface area contributed by atoms with Crippen LogP contribution in [0.2, 0.25) is 0 Å². The fourth-order valence-electron chi connectivity index (χ4n) is 1.01. The van der Waals surface area contributed by atoms with E-state index >= 15 is 0 Å². The summed E-state index contributed by atoms with van der Waals surface area (Å²) < 4.78 is 36.0. The van der Waals surface area contributed by atoms with E-state index in [1.54, 1.807) is 6.92 Å². The highest BCUT2D eigenvalue weighted by atomic mass is 35.6. The third-order valence-electron chi connectivity index (χ3n) is 1.57. The molecule has 15 heavy (non-hydrogen) atoms. The van der Waals surface area contributed by atoms with Crippen molar-refractivity contribution >= 4 is 34.8 Å². The van der Waals surface area contributed by atoms with Gasteiger partial charge in [-0.25, -0.2) is 4.68 Å². The first kappa shape index (κ1) is 12.9. The zero-order valence-corrected chi connectivity index (χ0v) is 9.58. The zero-order valence-electron chi connectivity index (χ0n) is 7.32. The van der Waals surface area contributed by atoms with Gasteiger partial charge >= 0.3 is 6.18 Å². The Bertz CT molecular complexity index is 355. The monoisotopic (exact) mass is 281 g/mol. The average molecular weight is 282 g/mol. The minimum Gasteiger partial charge on any atom is -0.245 e. The molecule has 0 aliphatic rings. The first-order valence-electron chi connectivity index (χ1n) is 3.75. The summed E-state index contributed by atoms with van der Waals surface area (Å²) in [5, 5.41) is 6.22. The molecule has 0 spiro atoms. The lowest BCUT2D eigenvalue weighted by atomic mass is 10.3. The van der Waals surface area contributed by atoms with Gasteiger partial charge in [0, 0.05) is 6.54 Å². The van der Waals surface area contributed by atoms with Gasteiger partial charge in [-0.3, -0.25) is 0 Å². The molecule has 0 N–H and O–H groups in total. The van der Waals surface area contributed by atoms with Crippen molar-refractivity contribution < 1.29 is 13.2 Å². The van der Waals surface area contributed by atoms with E-state index in [-0.39, 0.29) is 6.54 Å². The summed E-state index contributed by atoms with van der Waals surface area (Å²) in [5.41, 5.74) is -1.84. The second-order valence-corrected chi connectivity index (χ2v) is 4.88. The van der Waals surface area contributed by atoms with E-state index in [0.717, 1.165) is 4.68 Å². The molecule has 0 unspecified atom stereocenters. The molecule has 1 rings (SSSR count). The number of aromatic nitrogens is 3. The Hall–Kier alpha value is -0.200. The summed E-state index contributed by atoms with van der Waals surface area (Å²) in [4.78, 5) is 0. The van der Waals surface area contributed by atoms with E-state index in [1.807, 2.05) is 0 Å². The van der Waals surface area contributed by atoms with Crippen LogP contribution in [0.1, 0.15) is 18.3 Å². The van der Waals surface area contributed by atoms with E-state index in [1.165, 1.54) is 0 Å². The van der Waals surface area contributed by atoms with Crippen molar-refractivity contribution in [3.8, 4) is 0 Å². The summed E-state index contributed by atoms with van der Waals surface area (Å²) in [5.74, 6) is 0. The van der Waals surface area contributed by atoms with Gasteiger partial charge in [-0.05, 0) is 6.92 Å². The highest BCUT2D eigenvalue weighted by molar-refractivity contribution is 6.66. The lowest BCUT2D eigenvalue weighted by Crippen LogP contribution is -2.17. The van der Waals surface area contributed by atoms with Crippen LogP contribution in [0.4, 0.5) is 13.2 Å². The Morgan fingerprint density at radius 3 is 2.13 bits per heavy atom. The molecule has 0 saturated carbocycles. The molecular formula is C6H5Cl3F3N3. The lowest BCUT2D eigenvalue weighted by Gasteiger charge is -2.14. The van der Waals surface area contributed by atoms with Gasteiger partial charge in [-0.1, -0.05) is 40.0 Å². The molecule has 1 heterocycles. The summed E-state index contributed by atoms with van der Waals surface area (Å²) in [6.07, 6.45) is -4.69. The van der Waals surface area contributed by atoms with Gasteiger partial charge in [0.2, 0.25) is 3.79 Å². The molecule has 86 valence electrons. The lowest BCUT2D eigenvalue weighted by molar-refractivity contribution is -0.141. The minimum atomic E-state index is -4.69. The molecule has 0 atom stereocenters. The fourth-order valence-corrected chi connectivity index (χ4v) is 1.57. The SMILES string of the molecule is CCn1nnc(C(F)(F)F)c1C(Cl)(Cl)Cl. The predicted octanol–water partition coefficient (Wildman–Crippen LogP) is 3.14. The van der Waals surface area contributed by atoms with Crippen molar-refractivity contribution in [3.63, 3.8) is 0 Å². The molecule has 1 aromatic rings. The number of halogens is 6. The van der Waals surface area contributed by atoms with Crippen LogP contribution in [-0.2, 0) is 16.5 Å². The van der Waals surface area contributed by atoms with E-state index in [0.29, 0.717) is 0 Å². The Balaban J connectivity index is 3.37. The van der Waals surface area contributed by atoms with E-state index in [2.05, 4.69) is 10.3 Å². The standard InChI is InChI=1S/C6H5Cl3F3N3/c1-2-15-4(5(7,8)9)3(13-14-15)6(10,11)12/h2H2,1H3. The van der Waals surface area contributed by atoms with Crippen LogP contribution in [0.3, 0.4) is 0 Å². The Morgan fingerprint density at radius 1 is 1.27 bits per heavy atom. The maximum absolute atomic E-state index is 12.4. The number of rotatable bonds is 1. The molecule has 0 fully saturated rings.